The van der Waals surface area contributed by atoms with E-state index in [0.29, 0.717) is 22.7 Å². The van der Waals surface area contributed by atoms with Gasteiger partial charge in [0.25, 0.3) is 0 Å². The summed E-state index contributed by atoms with van der Waals surface area (Å²) in [5, 5.41) is 6.34. The van der Waals surface area contributed by atoms with Crippen molar-refractivity contribution < 1.29 is 23.8 Å². The topological polar surface area (TPSA) is 79.7 Å². The quantitative estimate of drug-likeness (QED) is 0.452. The van der Waals surface area contributed by atoms with Crippen LogP contribution in [0.15, 0.2) is 66.7 Å². The molecule has 3 aromatic carbocycles. The van der Waals surface area contributed by atoms with Gasteiger partial charge in [0.15, 0.2) is 5.69 Å². The Morgan fingerprint density at radius 3 is 2.06 bits per heavy atom. The molecule has 0 aliphatic rings. The largest absolute Gasteiger partial charge is 0.496 e. The molecule has 0 fully saturated rings. The van der Waals surface area contributed by atoms with E-state index in [2.05, 4.69) is 5.10 Å². The van der Waals surface area contributed by atoms with Crippen LogP contribution in [0.4, 0.5) is 0 Å². The van der Waals surface area contributed by atoms with Crippen LogP contribution < -0.4 is 4.74 Å². The second kappa shape index (κ2) is 8.31. The summed E-state index contributed by atoms with van der Waals surface area (Å²) in [4.78, 5) is 25.6. The maximum absolute atomic E-state index is 12.8. The van der Waals surface area contributed by atoms with E-state index in [4.69, 9.17) is 14.2 Å². The second-order valence-electron chi connectivity index (χ2n) is 6.66. The highest BCUT2D eigenvalue weighted by Crippen LogP contribution is 2.37. The maximum atomic E-state index is 12.8. The van der Waals surface area contributed by atoms with Gasteiger partial charge in [0.05, 0.1) is 27.0 Å². The van der Waals surface area contributed by atoms with E-state index < -0.39 is 11.9 Å². The molecule has 0 saturated heterocycles. The van der Waals surface area contributed by atoms with E-state index in [-0.39, 0.29) is 11.3 Å². The average Bonchev–Trinajstić information content (AvgIpc) is 3.23. The molecular formula is C24H20N2O5. The van der Waals surface area contributed by atoms with Crippen molar-refractivity contribution in [3.8, 4) is 22.7 Å². The van der Waals surface area contributed by atoms with E-state index in [0.717, 1.165) is 10.8 Å². The number of hydrogen-bond donors (Lipinski definition) is 0. The van der Waals surface area contributed by atoms with Crippen LogP contribution in [-0.2, 0) is 9.47 Å². The Labute approximate surface area is 178 Å². The fraction of sp³-hybridized carbons (Fsp3) is 0.125. The summed E-state index contributed by atoms with van der Waals surface area (Å²) in [6.45, 7) is 0. The van der Waals surface area contributed by atoms with Crippen LogP contribution >= 0.6 is 0 Å². The van der Waals surface area contributed by atoms with Crippen molar-refractivity contribution in [2.75, 3.05) is 21.3 Å². The SMILES string of the molecule is COC(=O)c1c(-c2ccc(OC)c3ccccc23)nn(-c2ccccc2)c1C(=O)OC. The van der Waals surface area contributed by atoms with Crippen LogP contribution in [0.2, 0.25) is 0 Å². The number of carbonyl (C=O) groups excluding carboxylic acids is 2. The van der Waals surface area contributed by atoms with Crippen molar-refractivity contribution in [1.82, 2.24) is 9.78 Å². The molecule has 7 heteroatoms. The number of para-hydroxylation sites is 1. The Kier molecular flexibility index (Phi) is 5.41. The van der Waals surface area contributed by atoms with E-state index >= 15 is 0 Å². The molecule has 31 heavy (non-hydrogen) atoms. The molecule has 0 aliphatic carbocycles. The number of aromatic nitrogens is 2. The molecule has 156 valence electrons. The lowest BCUT2D eigenvalue weighted by atomic mass is 9.98. The van der Waals surface area contributed by atoms with Crippen molar-refractivity contribution in [3.05, 3.63) is 78.0 Å². The normalized spacial score (nSPS) is 10.7. The third kappa shape index (κ3) is 3.40. The molecular weight excluding hydrogens is 396 g/mol. The van der Waals surface area contributed by atoms with Gasteiger partial charge in [-0.1, -0.05) is 42.5 Å². The molecule has 4 rings (SSSR count). The smallest absolute Gasteiger partial charge is 0.357 e. The molecule has 1 aromatic heterocycles. The lowest BCUT2D eigenvalue weighted by Gasteiger charge is -2.10. The van der Waals surface area contributed by atoms with Crippen molar-refractivity contribution in [1.29, 1.82) is 0 Å². The van der Waals surface area contributed by atoms with Crippen molar-refractivity contribution >= 4 is 22.7 Å². The van der Waals surface area contributed by atoms with Crippen LogP contribution in [0.5, 0.6) is 5.75 Å². The number of fused-ring (bicyclic) bond motifs is 1. The molecule has 0 amide bonds. The Morgan fingerprint density at radius 1 is 0.774 bits per heavy atom. The fourth-order valence-electron chi connectivity index (χ4n) is 3.60. The minimum atomic E-state index is -0.694. The molecule has 0 N–H and O–H groups in total. The fourth-order valence-corrected chi connectivity index (χ4v) is 3.60. The third-order valence-electron chi connectivity index (χ3n) is 5.01. The molecule has 4 aromatic rings. The molecule has 0 unspecified atom stereocenters. The summed E-state index contributed by atoms with van der Waals surface area (Å²) in [6, 6.07) is 20.3. The number of esters is 2. The van der Waals surface area contributed by atoms with Gasteiger partial charge >= 0.3 is 11.9 Å². The predicted octanol–water partition coefficient (Wildman–Crippen LogP) is 4.27. The average molecular weight is 416 g/mol. The monoisotopic (exact) mass is 416 g/mol. The number of ether oxygens (including phenoxy) is 3. The van der Waals surface area contributed by atoms with Gasteiger partial charge in [-0.2, -0.15) is 5.10 Å². The lowest BCUT2D eigenvalue weighted by molar-refractivity contribution is 0.0549. The number of nitrogens with zero attached hydrogens (tertiary/aromatic N) is 2. The first-order chi connectivity index (χ1) is 15.1. The minimum Gasteiger partial charge on any atom is -0.496 e. The van der Waals surface area contributed by atoms with Crippen LogP contribution in [0.25, 0.3) is 27.7 Å². The second-order valence-corrected chi connectivity index (χ2v) is 6.66. The van der Waals surface area contributed by atoms with Crippen LogP contribution in [-0.4, -0.2) is 43.0 Å². The molecule has 0 saturated carbocycles. The Balaban J connectivity index is 2.10. The molecule has 1 heterocycles. The molecule has 0 bridgehead atoms. The van der Waals surface area contributed by atoms with Crippen molar-refractivity contribution in [2.45, 2.75) is 0 Å². The number of carbonyl (C=O) groups is 2. The summed E-state index contributed by atoms with van der Waals surface area (Å²) in [7, 11) is 4.12. The van der Waals surface area contributed by atoms with Gasteiger partial charge in [0, 0.05) is 10.9 Å². The Morgan fingerprint density at radius 2 is 1.42 bits per heavy atom. The van der Waals surface area contributed by atoms with Gasteiger partial charge < -0.3 is 14.2 Å². The van der Waals surface area contributed by atoms with Gasteiger partial charge in [0.1, 0.15) is 17.0 Å². The third-order valence-corrected chi connectivity index (χ3v) is 5.01. The van der Waals surface area contributed by atoms with Crippen LogP contribution in [0.3, 0.4) is 0 Å². The number of hydrogen-bond acceptors (Lipinski definition) is 6. The van der Waals surface area contributed by atoms with Gasteiger partial charge in [0.2, 0.25) is 0 Å². The van der Waals surface area contributed by atoms with Crippen molar-refractivity contribution in [3.63, 3.8) is 0 Å². The zero-order valence-electron chi connectivity index (χ0n) is 17.3. The lowest BCUT2D eigenvalue weighted by Crippen LogP contribution is -2.15. The summed E-state index contributed by atoms with van der Waals surface area (Å²) < 4.78 is 16.9. The maximum Gasteiger partial charge on any atom is 0.357 e. The highest BCUT2D eigenvalue weighted by atomic mass is 16.5. The van der Waals surface area contributed by atoms with E-state index in [9.17, 15) is 9.59 Å². The van der Waals surface area contributed by atoms with Crippen molar-refractivity contribution in [2.24, 2.45) is 0 Å². The number of benzene rings is 3. The summed E-state index contributed by atoms with van der Waals surface area (Å²) in [5.41, 5.74) is 1.62. The molecule has 0 spiro atoms. The van der Waals surface area contributed by atoms with Gasteiger partial charge in [-0.05, 0) is 29.7 Å². The van der Waals surface area contributed by atoms with Crippen LogP contribution in [0.1, 0.15) is 20.8 Å². The molecule has 0 atom stereocenters. The molecule has 7 nitrogen and oxygen atoms in total. The van der Waals surface area contributed by atoms with E-state index in [1.54, 1.807) is 25.3 Å². The molecule has 0 radical (unpaired) electrons. The summed E-state index contributed by atoms with van der Waals surface area (Å²) in [6.07, 6.45) is 0. The summed E-state index contributed by atoms with van der Waals surface area (Å²) >= 11 is 0. The van der Waals surface area contributed by atoms with Gasteiger partial charge in [-0.25, -0.2) is 14.3 Å². The first-order valence-corrected chi connectivity index (χ1v) is 9.51. The Hall–Kier alpha value is -4.13. The van der Waals surface area contributed by atoms with Gasteiger partial charge in [-0.15, -0.1) is 0 Å². The Bertz CT molecular complexity index is 1280. The predicted molar refractivity (Wildman–Crippen MR) is 116 cm³/mol. The zero-order valence-corrected chi connectivity index (χ0v) is 17.3. The first-order valence-electron chi connectivity index (χ1n) is 9.51. The minimum absolute atomic E-state index is 0.00421. The van der Waals surface area contributed by atoms with E-state index in [1.165, 1.54) is 18.9 Å². The van der Waals surface area contributed by atoms with Crippen LogP contribution in [0, 0.1) is 0 Å². The standard InChI is InChI=1S/C24H20N2O5/c1-29-19-14-13-18(16-11-7-8-12-17(16)19)21-20(23(27)30-2)22(24(28)31-3)26(25-21)15-9-5-4-6-10-15/h4-14H,1-3H3. The van der Waals surface area contributed by atoms with E-state index in [1.807, 2.05) is 48.5 Å². The van der Waals surface area contributed by atoms with Gasteiger partial charge in [-0.3, -0.25) is 0 Å². The highest BCUT2D eigenvalue weighted by Gasteiger charge is 2.32. The molecule has 0 aliphatic heterocycles. The highest BCUT2D eigenvalue weighted by molar-refractivity contribution is 6.10. The zero-order chi connectivity index (χ0) is 22.0. The number of rotatable bonds is 5. The first kappa shape index (κ1) is 20.2. The number of methoxy groups -OCH3 is 3. The summed E-state index contributed by atoms with van der Waals surface area (Å²) in [5.74, 6) is -0.687.